The lowest BCUT2D eigenvalue weighted by atomic mass is 9.99. The number of rotatable bonds is 36. The Morgan fingerprint density at radius 2 is 1.09 bits per heavy atom. The van der Waals surface area contributed by atoms with Crippen molar-refractivity contribution >= 4 is 5.91 Å². The lowest BCUT2D eigenvalue weighted by molar-refractivity contribution is -0.302. The number of carbonyl (C=O) groups is 1. The highest BCUT2D eigenvalue weighted by Crippen LogP contribution is 2.22. The average molecular weight is 778 g/mol. The van der Waals surface area contributed by atoms with Gasteiger partial charge in [-0.25, -0.2) is 0 Å². The van der Waals surface area contributed by atoms with Gasteiger partial charge in [-0.2, -0.15) is 0 Å². The SMILES string of the molecule is CCCCC/C=C\C/C=C\CCCCCCCC(=O)NC(COC1OC(CO)C(O)C(O)C1O)C(O)/C=C/CC/C=C/CCCCCCCCCCCCC. The van der Waals surface area contributed by atoms with Gasteiger partial charge < -0.3 is 40.3 Å². The van der Waals surface area contributed by atoms with Crippen LogP contribution in [-0.2, 0) is 14.3 Å². The summed E-state index contributed by atoms with van der Waals surface area (Å²) in [5, 5.41) is 54.1. The summed E-state index contributed by atoms with van der Waals surface area (Å²) < 4.78 is 11.2. The molecule has 1 fully saturated rings. The summed E-state index contributed by atoms with van der Waals surface area (Å²) in [5.74, 6) is -0.203. The normalized spacial score (nSPS) is 21.8. The molecule has 1 rings (SSSR count). The highest BCUT2D eigenvalue weighted by molar-refractivity contribution is 5.76. The summed E-state index contributed by atoms with van der Waals surface area (Å²) in [6.45, 7) is 3.71. The molecule has 0 aliphatic carbocycles. The molecule has 1 saturated heterocycles. The maximum Gasteiger partial charge on any atom is 0.220 e. The van der Waals surface area contributed by atoms with Crippen LogP contribution in [0.3, 0.4) is 0 Å². The average Bonchev–Trinajstić information content (AvgIpc) is 3.18. The second-order valence-corrected chi connectivity index (χ2v) is 15.5. The van der Waals surface area contributed by atoms with Gasteiger partial charge in [0.15, 0.2) is 6.29 Å². The van der Waals surface area contributed by atoms with Crippen molar-refractivity contribution in [1.29, 1.82) is 0 Å². The number of ether oxygens (including phenoxy) is 2. The van der Waals surface area contributed by atoms with Gasteiger partial charge in [0.25, 0.3) is 0 Å². The zero-order valence-electron chi connectivity index (χ0n) is 34.9. The summed E-state index contributed by atoms with van der Waals surface area (Å²) in [5.41, 5.74) is 0. The molecule has 320 valence electrons. The third-order valence-electron chi connectivity index (χ3n) is 10.4. The summed E-state index contributed by atoms with van der Waals surface area (Å²) in [7, 11) is 0. The topological polar surface area (TPSA) is 149 Å². The fourth-order valence-corrected chi connectivity index (χ4v) is 6.73. The molecule has 1 amide bonds. The Morgan fingerprint density at radius 3 is 1.67 bits per heavy atom. The van der Waals surface area contributed by atoms with Crippen molar-refractivity contribution in [2.24, 2.45) is 0 Å². The molecule has 1 aliphatic rings. The second-order valence-electron chi connectivity index (χ2n) is 15.5. The van der Waals surface area contributed by atoms with Gasteiger partial charge in [0.1, 0.15) is 24.4 Å². The highest BCUT2D eigenvalue weighted by atomic mass is 16.7. The molecule has 55 heavy (non-hydrogen) atoms. The van der Waals surface area contributed by atoms with E-state index in [1.165, 1.54) is 96.3 Å². The molecule has 9 heteroatoms. The maximum atomic E-state index is 12.9. The van der Waals surface area contributed by atoms with Crippen LogP contribution in [0.25, 0.3) is 0 Å². The first-order valence-electron chi connectivity index (χ1n) is 22.4. The first-order chi connectivity index (χ1) is 26.8. The largest absolute Gasteiger partial charge is 0.394 e. The molecule has 9 nitrogen and oxygen atoms in total. The molecule has 0 aromatic rings. The smallest absolute Gasteiger partial charge is 0.220 e. The van der Waals surface area contributed by atoms with Crippen LogP contribution in [0.4, 0.5) is 0 Å². The minimum atomic E-state index is -1.57. The number of allylic oxidation sites excluding steroid dienone is 7. The van der Waals surface area contributed by atoms with Gasteiger partial charge in [-0.1, -0.05) is 159 Å². The maximum absolute atomic E-state index is 12.9. The van der Waals surface area contributed by atoms with E-state index >= 15 is 0 Å². The number of carbonyl (C=O) groups excluding carboxylic acids is 1. The van der Waals surface area contributed by atoms with Crippen LogP contribution in [0.15, 0.2) is 48.6 Å². The van der Waals surface area contributed by atoms with E-state index in [1.54, 1.807) is 6.08 Å². The highest BCUT2D eigenvalue weighted by Gasteiger charge is 2.44. The molecule has 6 N–H and O–H groups in total. The molecule has 7 unspecified atom stereocenters. The van der Waals surface area contributed by atoms with E-state index in [-0.39, 0.29) is 12.5 Å². The van der Waals surface area contributed by atoms with Crippen molar-refractivity contribution in [3.05, 3.63) is 48.6 Å². The molecule has 1 aliphatic heterocycles. The number of hydrogen-bond donors (Lipinski definition) is 6. The fraction of sp³-hybridized carbons (Fsp3) is 0.804. The van der Waals surface area contributed by atoms with Gasteiger partial charge in [0.05, 0.1) is 25.4 Å². The van der Waals surface area contributed by atoms with Gasteiger partial charge in [-0.3, -0.25) is 4.79 Å². The van der Waals surface area contributed by atoms with E-state index in [0.29, 0.717) is 6.42 Å². The lowest BCUT2D eigenvalue weighted by Gasteiger charge is -2.40. The van der Waals surface area contributed by atoms with Crippen LogP contribution >= 0.6 is 0 Å². The molecule has 0 radical (unpaired) electrons. The minimum absolute atomic E-state index is 0.203. The number of unbranched alkanes of at least 4 members (excludes halogenated alkanes) is 20. The van der Waals surface area contributed by atoms with E-state index in [9.17, 15) is 30.3 Å². The number of amides is 1. The third-order valence-corrected chi connectivity index (χ3v) is 10.4. The zero-order valence-corrected chi connectivity index (χ0v) is 34.9. The van der Waals surface area contributed by atoms with Gasteiger partial charge in [-0.15, -0.1) is 0 Å². The van der Waals surface area contributed by atoms with Crippen LogP contribution in [0.2, 0.25) is 0 Å². The number of aliphatic hydroxyl groups is 5. The van der Waals surface area contributed by atoms with Crippen molar-refractivity contribution in [1.82, 2.24) is 5.32 Å². The summed E-state index contributed by atoms with van der Waals surface area (Å²) in [4.78, 5) is 12.9. The Bertz CT molecular complexity index is 998. The molecular weight excluding hydrogens is 695 g/mol. The predicted octanol–water partition coefficient (Wildman–Crippen LogP) is 9.06. The van der Waals surface area contributed by atoms with E-state index in [1.807, 2.05) is 6.08 Å². The fourth-order valence-electron chi connectivity index (χ4n) is 6.73. The number of nitrogens with one attached hydrogen (secondary N) is 1. The monoisotopic (exact) mass is 778 g/mol. The van der Waals surface area contributed by atoms with E-state index in [0.717, 1.165) is 64.2 Å². The molecule has 0 spiro atoms. The molecule has 7 atom stereocenters. The van der Waals surface area contributed by atoms with Crippen LogP contribution in [0.1, 0.15) is 181 Å². The van der Waals surface area contributed by atoms with Crippen LogP contribution < -0.4 is 5.32 Å². The quantitative estimate of drug-likeness (QED) is 0.0273. The van der Waals surface area contributed by atoms with Crippen molar-refractivity contribution < 1.29 is 39.8 Å². The van der Waals surface area contributed by atoms with Gasteiger partial charge >= 0.3 is 0 Å². The Kier molecular flexibility index (Phi) is 33.9. The molecule has 0 saturated carbocycles. The molecule has 0 bridgehead atoms. The third kappa shape index (κ3) is 27.4. The lowest BCUT2D eigenvalue weighted by Crippen LogP contribution is -2.60. The van der Waals surface area contributed by atoms with E-state index in [2.05, 4.69) is 55.6 Å². The predicted molar refractivity (Wildman–Crippen MR) is 226 cm³/mol. The Labute approximate surface area is 335 Å². The molecule has 0 aromatic carbocycles. The first kappa shape index (κ1) is 51.2. The van der Waals surface area contributed by atoms with Crippen molar-refractivity contribution in [2.45, 2.75) is 224 Å². The van der Waals surface area contributed by atoms with Crippen molar-refractivity contribution in [2.75, 3.05) is 13.2 Å². The zero-order chi connectivity index (χ0) is 40.2. The molecule has 0 aromatic heterocycles. The summed E-state index contributed by atoms with van der Waals surface area (Å²) in [6.07, 6.45) is 38.6. The van der Waals surface area contributed by atoms with Crippen LogP contribution in [0, 0.1) is 0 Å². The van der Waals surface area contributed by atoms with Crippen LogP contribution in [0.5, 0.6) is 0 Å². The molecule has 1 heterocycles. The minimum Gasteiger partial charge on any atom is -0.394 e. The standard InChI is InChI=1S/C46H83NO8/c1-3-5-7-9-11-13-15-17-19-20-22-23-25-27-29-31-33-35-40(49)39(38-54-46-45(53)44(52)43(51)41(37-48)55-46)47-42(50)36-34-32-30-28-26-24-21-18-16-14-12-10-8-6-4-2/h12,14,18,21,25,27,33,35,39-41,43-46,48-49,51-53H,3-11,13,15-17,19-20,22-24,26,28-32,34,36-38H2,1-2H3,(H,47,50)/b14-12-,21-18-,27-25+,35-33+. The first-order valence-corrected chi connectivity index (χ1v) is 22.4. The van der Waals surface area contributed by atoms with Gasteiger partial charge in [-0.05, 0) is 64.2 Å². The number of aliphatic hydroxyl groups excluding tert-OH is 5. The summed E-state index contributed by atoms with van der Waals surface area (Å²) in [6, 6.07) is -0.828. The molecular formula is C46H83NO8. The Morgan fingerprint density at radius 1 is 0.618 bits per heavy atom. The Hall–Kier alpha value is -1.85. The van der Waals surface area contributed by atoms with Gasteiger partial charge in [0.2, 0.25) is 5.91 Å². The van der Waals surface area contributed by atoms with E-state index < -0.39 is 49.5 Å². The second kappa shape index (κ2) is 36.5. The van der Waals surface area contributed by atoms with E-state index in [4.69, 9.17) is 9.47 Å². The van der Waals surface area contributed by atoms with Crippen molar-refractivity contribution in [3.63, 3.8) is 0 Å². The van der Waals surface area contributed by atoms with Gasteiger partial charge in [0, 0.05) is 6.42 Å². The Balaban J connectivity index is 2.42. The number of hydrogen-bond acceptors (Lipinski definition) is 8. The van der Waals surface area contributed by atoms with Crippen LogP contribution in [-0.4, -0.2) is 87.5 Å². The summed E-state index contributed by atoms with van der Waals surface area (Å²) >= 11 is 0. The van der Waals surface area contributed by atoms with Crippen molar-refractivity contribution in [3.8, 4) is 0 Å².